The Labute approximate surface area is 315 Å². The standard InChI is InChI=1S/C39H36F3N7O4S/c1-25-15-17-47(36(51)46-25)30-21-31-33(45-24-30)7-4-8-34(31)53-20-6-19-52-18-5-16-44-27-10-13-28(14-11-27)49-37(54)48(35(50)38(49,2)3)29-12-9-26(23-43)32(22-29)39(40,41)42/h4,7-15,17,21-22,24,44H,1,5-6,16,18-20H2,2-3H3,(H,46,51). The van der Waals surface area contributed by atoms with Gasteiger partial charge >= 0.3 is 12.2 Å². The fraction of sp³-hybridized carbons (Fsp3) is 0.256. The van der Waals surface area contributed by atoms with Gasteiger partial charge < -0.3 is 25.0 Å². The summed E-state index contributed by atoms with van der Waals surface area (Å²) < 4.78 is 52.8. The number of fused-ring (bicyclic) bond motifs is 1. The molecule has 0 spiro atoms. The number of allylic oxidation sites excluding steroid dienone is 1. The Morgan fingerprint density at radius 2 is 1.74 bits per heavy atom. The number of halogens is 3. The van der Waals surface area contributed by atoms with Crippen LogP contribution in [0.4, 0.5) is 40.7 Å². The maximum absolute atomic E-state index is 13.7. The highest BCUT2D eigenvalue weighted by atomic mass is 32.1. The van der Waals surface area contributed by atoms with E-state index in [2.05, 4.69) is 22.2 Å². The molecule has 0 radical (unpaired) electrons. The van der Waals surface area contributed by atoms with Crippen molar-refractivity contribution in [2.45, 2.75) is 38.4 Å². The monoisotopic (exact) mass is 755 g/mol. The third kappa shape index (κ3) is 7.85. The number of ether oxygens (including phenoxy) is 2. The molecule has 278 valence electrons. The van der Waals surface area contributed by atoms with Crippen LogP contribution in [0.5, 0.6) is 5.75 Å². The summed E-state index contributed by atoms with van der Waals surface area (Å²) in [5, 5.41) is 16.0. The molecular formula is C39H36F3N7O4S. The van der Waals surface area contributed by atoms with Gasteiger partial charge in [0.15, 0.2) is 5.11 Å². The lowest BCUT2D eigenvalue weighted by Gasteiger charge is -2.29. The van der Waals surface area contributed by atoms with E-state index in [1.54, 1.807) is 55.4 Å². The topological polar surface area (TPSA) is 123 Å². The van der Waals surface area contributed by atoms with Gasteiger partial charge in [0.25, 0.3) is 5.91 Å². The Morgan fingerprint density at radius 1 is 1.00 bits per heavy atom. The molecule has 1 saturated heterocycles. The highest BCUT2D eigenvalue weighted by molar-refractivity contribution is 7.81. The lowest BCUT2D eigenvalue weighted by atomic mass is 10.0. The van der Waals surface area contributed by atoms with Gasteiger partial charge in [-0.3, -0.25) is 19.6 Å². The maximum Gasteiger partial charge on any atom is 0.417 e. The number of nitriles is 1. The first-order valence-electron chi connectivity index (χ1n) is 17.0. The van der Waals surface area contributed by atoms with Crippen LogP contribution < -0.4 is 30.1 Å². The fourth-order valence-electron chi connectivity index (χ4n) is 6.08. The van der Waals surface area contributed by atoms with E-state index in [1.807, 2.05) is 36.4 Å². The molecule has 3 heterocycles. The summed E-state index contributed by atoms with van der Waals surface area (Å²) in [5.74, 6) is 0.168. The van der Waals surface area contributed by atoms with E-state index in [-0.39, 0.29) is 16.8 Å². The molecule has 0 unspecified atom stereocenters. The molecule has 0 aliphatic carbocycles. The number of amides is 3. The molecule has 54 heavy (non-hydrogen) atoms. The van der Waals surface area contributed by atoms with Crippen LogP contribution >= 0.6 is 12.2 Å². The number of nitrogens with one attached hydrogen (secondary N) is 2. The highest BCUT2D eigenvalue weighted by Crippen LogP contribution is 2.40. The van der Waals surface area contributed by atoms with E-state index < -0.39 is 28.7 Å². The molecule has 15 heteroatoms. The lowest BCUT2D eigenvalue weighted by molar-refractivity contribution is -0.137. The number of benzene rings is 3. The van der Waals surface area contributed by atoms with Gasteiger partial charge in [-0.2, -0.15) is 18.4 Å². The van der Waals surface area contributed by atoms with E-state index in [9.17, 15) is 22.8 Å². The van der Waals surface area contributed by atoms with Crippen molar-refractivity contribution >= 4 is 62.9 Å². The Balaban J connectivity index is 0.955. The van der Waals surface area contributed by atoms with E-state index >= 15 is 0 Å². The van der Waals surface area contributed by atoms with Gasteiger partial charge in [0.2, 0.25) is 0 Å². The predicted molar refractivity (Wildman–Crippen MR) is 204 cm³/mol. The maximum atomic E-state index is 13.7. The number of hydrogen-bond donors (Lipinski definition) is 2. The van der Waals surface area contributed by atoms with Crippen LogP contribution in [0.3, 0.4) is 0 Å². The number of carbonyl (C=O) groups excluding carboxylic acids is 2. The zero-order valence-corrected chi connectivity index (χ0v) is 30.3. The summed E-state index contributed by atoms with van der Waals surface area (Å²) in [6, 6.07) is 19.1. The second-order valence-corrected chi connectivity index (χ2v) is 13.3. The Morgan fingerprint density at radius 3 is 2.46 bits per heavy atom. The number of urea groups is 1. The van der Waals surface area contributed by atoms with E-state index in [0.29, 0.717) is 55.6 Å². The Bertz CT molecular complexity index is 2180. The largest absolute Gasteiger partial charge is 0.493 e. The van der Waals surface area contributed by atoms with Gasteiger partial charge in [-0.15, -0.1) is 0 Å². The number of rotatable bonds is 13. The third-order valence-electron chi connectivity index (χ3n) is 8.83. The van der Waals surface area contributed by atoms with Crippen molar-refractivity contribution in [3.63, 3.8) is 0 Å². The van der Waals surface area contributed by atoms with Gasteiger partial charge in [0.05, 0.1) is 46.9 Å². The first kappa shape index (κ1) is 37.8. The van der Waals surface area contributed by atoms with Crippen LogP contribution in [-0.2, 0) is 15.7 Å². The molecule has 3 amide bonds. The summed E-state index contributed by atoms with van der Waals surface area (Å²) in [4.78, 5) is 34.5. The van der Waals surface area contributed by atoms with Crippen molar-refractivity contribution in [2.75, 3.05) is 46.4 Å². The molecule has 3 aromatic carbocycles. The fourth-order valence-corrected chi connectivity index (χ4v) is 6.61. The summed E-state index contributed by atoms with van der Waals surface area (Å²) in [7, 11) is 0. The summed E-state index contributed by atoms with van der Waals surface area (Å²) in [5.41, 5.74) is 0.374. The van der Waals surface area contributed by atoms with Crippen molar-refractivity contribution < 1.29 is 32.2 Å². The number of pyridine rings is 1. The van der Waals surface area contributed by atoms with Crippen LogP contribution in [0, 0.1) is 11.3 Å². The smallest absolute Gasteiger partial charge is 0.417 e. The Hall–Kier alpha value is -5.98. The van der Waals surface area contributed by atoms with E-state index in [0.717, 1.165) is 40.0 Å². The third-order valence-corrected chi connectivity index (χ3v) is 9.19. The van der Waals surface area contributed by atoms with Crippen molar-refractivity contribution in [3.8, 4) is 11.8 Å². The molecule has 1 fully saturated rings. The first-order valence-corrected chi connectivity index (χ1v) is 17.4. The zero-order valence-electron chi connectivity index (χ0n) is 29.4. The second kappa shape index (κ2) is 15.6. The molecule has 1 aromatic heterocycles. The van der Waals surface area contributed by atoms with E-state index in [1.165, 1.54) is 11.0 Å². The SMILES string of the molecule is C=C1C=CN(c2cnc3cccc(OCCCOCCCNc4ccc(N5C(=S)N(c6ccc(C#N)c(C(F)(F)F)c6)C(=O)C5(C)C)cc4)c3c2)C(=O)N1. The van der Waals surface area contributed by atoms with Crippen molar-refractivity contribution in [2.24, 2.45) is 0 Å². The molecular weight excluding hydrogens is 720 g/mol. The lowest BCUT2D eigenvalue weighted by Crippen LogP contribution is -2.44. The molecule has 0 bridgehead atoms. The van der Waals surface area contributed by atoms with Gasteiger partial charge in [-0.05, 0) is 99.2 Å². The number of anilines is 4. The minimum atomic E-state index is -4.78. The Kier molecular flexibility index (Phi) is 10.9. The van der Waals surface area contributed by atoms with Crippen molar-refractivity contribution in [1.82, 2.24) is 10.3 Å². The van der Waals surface area contributed by atoms with Crippen LogP contribution in [0.15, 0.2) is 97.5 Å². The summed E-state index contributed by atoms with van der Waals surface area (Å²) in [6.45, 7) is 9.16. The van der Waals surface area contributed by atoms with Crippen LogP contribution in [0.2, 0.25) is 0 Å². The molecule has 0 saturated carbocycles. The summed E-state index contributed by atoms with van der Waals surface area (Å²) in [6.07, 6.45) is 1.61. The van der Waals surface area contributed by atoms with Crippen molar-refractivity contribution in [1.29, 1.82) is 5.26 Å². The number of nitrogens with zero attached hydrogens (tertiary/aromatic N) is 5. The summed E-state index contributed by atoms with van der Waals surface area (Å²) >= 11 is 5.62. The van der Waals surface area contributed by atoms with Gasteiger partial charge in [-0.1, -0.05) is 12.6 Å². The molecule has 0 atom stereocenters. The molecule has 2 aliphatic heterocycles. The van der Waals surface area contributed by atoms with Crippen LogP contribution in [0.1, 0.15) is 37.8 Å². The van der Waals surface area contributed by atoms with Gasteiger partial charge in [0.1, 0.15) is 11.3 Å². The van der Waals surface area contributed by atoms with Crippen LogP contribution in [-0.4, -0.2) is 53.9 Å². The van der Waals surface area contributed by atoms with E-state index in [4.69, 9.17) is 27.0 Å². The quantitative estimate of drug-likeness (QED) is 0.104. The minimum Gasteiger partial charge on any atom is -0.493 e. The molecule has 2 aliphatic rings. The number of thiocarbonyl (C=S) groups is 1. The second-order valence-electron chi connectivity index (χ2n) is 13.0. The van der Waals surface area contributed by atoms with Crippen molar-refractivity contribution in [3.05, 3.63) is 109 Å². The van der Waals surface area contributed by atoms with Gasteiger partial charge in [-0.25, -0.2) is 4.79 Å². The average Bonchev–Trinajstić information content (AvgIpc) is 3.32. The number of hydrogen-bond acceptors (Lipinski definition) is 8. The molecule has 4 aromatic rings. The highest BCUT2D eigenvalue weighted by Gasteiger charge is 2.50. The average molecular weight is 756 g/mol. The first-order chi connectivity index (χ1) is 25.8. The minimum absolute atomic E-state index is 0.0301. The predicted octanol–water partition coefficient (Wildman–Crippen LogP) is 7.89. The van der Waals surface area contributed by atoms with Gasteiger partial charge in [0, 0.05) is 54.8 Å². The molecule has 6 rings (SSSR count). The number of aromatic nitrogens is 1. The normalized spacial score (nSPS) is 15.5. The number of carbonyl (C=O) groups is 2. The van der Waals surface area contributed by atoms with Crippen LogP contribution in [0.25, 0.3) is 10.9 Å². The molecule has 2 N–H and O–H groups in total. The number of alkyl halides is 3. The molecule has 11 nitrogen and oxygen atoms in total. The zero-order chi connectivity index (χ0) is 38.6.